The van der Waals surface area contributed by atoms with Crippen molar-refractivity contribution in [2.24, 2.45) is 0 Å². The Kier molecular flexibility index (Phi) is 4.36. The van der Waals surface area contributed by atoms with E-state index in [4.69, 9.17) is 5.73 Å². The number of hydrogen-bond donors (Lipinski definition) is 2. The molecule has 3 N–H and O–H groups in total. The molecule has 1 aromatic heterocycles. The van der Waals surface area contributed by atoms with Crippen LogP contribution in [0.3, 0.4) is 0 Å². The summed E-state index contributed by atoms with van der Waals surface area (Å²) >= 11 is 3.42. The molecule has 1 atom stereocenters. The molecule has 6 nitrogen and oxygen atoms in total. The third-order valence-corrected chi connectivity index (χ3v) is 3.83. The number of nitrogens with two attached hydrogens (primary N) is 1. The van der Waals surface area contributed by atoms with Crippen LogP contribution in [0, 0.1) is 0 Å². The molecule has 1 aromatic rings. The Hall–Kier alpha value is -0.920. The van der Waals surface area contributed by atoms with Gasteiger partial charge in [0.2, 0.25) is 5.95 Å². The number of nitrogens with one attached hydrogen (secondary N) is 1. The molecule has 0 amide bonds. The molecular formula is C11H19BrN6. The zero-order chi connectivity index (χ0) is 13.1. The molecule has 2 heterocycles. The number of halogens is 1. The summed E-state index contributed by atoms with van der Waals surface area (Å²) in [6.45, 7) is 4.12. The molecule has 0 aromatic carbocycles. The molecule has 0 aliphatic carbocycles. The molecule has 1 aliphatic heterocycles. The highest BCUT2D eigenvalue weighted by atomic mass is 79.9. The van der Waals surface area contributed by atoms with Gasteiger partial charge in [0.15, 0.2) is 0 Å². The van der Waals surface area contributed by atoms with Gasteiger partial charge in [-0.25, -0.2) is 4.98 Å². The molecule has 18 heavy (non-hydrogen) atoms. The summed E-state index contributed by atoms with van der Waals surface area (Å²) in [6, 6.07) is 0.479. The van der Waals surface area contributed by atoms with Crippen molar-refractivity contribution in [3.8, 4) is 0 Å². The van der Waals surface area contributed by atoms with Crippen LogP contribution in [0.1, 0.15) is 0 Å². The Labute approximate surface area is 116 Å². The Balaban J connectivity index is 1.96. The first-order valence-corrected chi connectivity index (χ1v) is 6.76. The van der Waals surface area contributed by atoms with Crippen LogP contribution in [0.25, 0.3) is 0 Å². The maximum absolute atomic E-state index is 5.58. The lowest BCUT2D eigenvalue weighted by Gasteiger charge is -2.37. The van der Waals surface area contributed by atoms with Crippen LogP contribution < -0.4 is 11.1 Å². The van der Waals surface area contributed by atoms with Crippen molar-refractivity contribution in [2.45, 2.75) is 6.04 Å². The predicted molar refractivity (Wildman–Crippen MR) is 76.5 cm³/mol. The molecule has 0 spiro atoms. The molecule has 7 heteroatoms. The SMILES string of the molecule is CN1CCN(C)C(CNc2nc(N)ncc2Br)C1. The number of nitrogen functional groups attached to an aromatic ring is 1. The summed E-state index contributed by atoms with van der Waals surface area (Å²) in [4.78, 5) is 12.8. The van der Waals surface area contributed by atoms with Crippen LogP contribution in [0.4, 0.5) is 11.8 Å². The molecule has 1 fully saturated rings. The van der Waals surface area contributed by atoms with Gasteiger partial charge in [0, 0.05) is 38.4 Å². The molecule has 2 rings (SSSR count). The second-order valence-electron chi connectivity index (χ2n) is 4.70. The van der Waals surface area contributed by atoms with Crippen molar-refractivity contribution in [1.29, 1.82) is 0 Å². The standard InChI is InChI=1S/C11H19BrN6/c1-17-3-4-18(2)8(7-17)5-14-10-9(12)6-15-11(13)16-10/h6,8H,3-5,7H2,1-2H3,(H3,13,14,15,16). The molecule has 1 aliphatic rings. The molecular weight excluding hydrogens is 296 g/mol. The van der Waals surface area contributed by atoms with Gasteiger partial charge in [-0.15, -0.1) is 0 Å². The van der Waals surface area contributed by atoms with Crippen molar-refractivity contribution < 1.29 is 0 Å². The van der Waals surface area contributed by atoms with Crippen molar-refractivity contribution in [2.75, 3.05) is 51.3 Å². The van der Waals surface area contributed by atoms with Crippen molar-refractivity contribution >= 4 is 27.7 Å². The quantitative estimate of drug-likeness (QED) is 0.845. The van der Waals surface area contributed by atoms with E-state index in [1.807, 2.05) is 0 Å². The molecule has 1 saturated heterocycles. The Morgan fingerprint density at radius 2 is 2.28 bits per heavy atom. The Bertz CT molecular complexity index is 413. The van der Waals surface area contributed by atoms with Crippen LogP contribution in [-0.2, 0) is 0 Å². The topological polar surface area (TPSA) is 70.3 Å². The van der Waals surface area contributed by atoms with Crippen LogP contribution >= 0.6 is 15.9 Å². The number of aromatic nitrogens is 2. The minimum atomic E-state index is 0.287. The smallest absolute Gasteiger partial charge is 0.221 e. The van der Waals surface area contributed by atoms with Gasteiger partial charge in [-0.1, -0.05) is 0 Å². The Morgan fingerprint density at radius 1 is 1.50 bits per heavy atom. The van der Waals surface area contributed by atoms with Gasteiger partial charge in [-0.2, -0.15) is 4.98 Å². The Morgan fingerprint density at radius 3 is 3.06 bits per heavy atom. The third kappa shape index (κ3) is 3.30. The first-order valence-electron chi connectivity index (χ1n) is 5.97. The van der Waals surface area contributed by atoms with Crippen molar-refractivity contribution in [3.05, 3.63) is 10.7 Å². The lowest BCUT2D eigenvalue weighted by atomic mass is 10.2. The summed E-state index contributed by atoms with van der Waals surface area (Å²) < 4.78 is 0.837. The van der Waals surface area contributed by atoms with E-state index >= 15 is 0 Å². The summed E-state index contributed by atoms with van der Waals surface area (Å²) in [7, 11) is 4.31. The minimum absolute atomic E-state index is 0.287. The van der Waals surface area contributed by atoms with E-state index in [1.165, 1.54) is 0 Å². The van der Waals surface area contributed by atoms with E-state index < -0.39 is 0 Å². The number of piperazine rings is 1. The summed E-state index contributed by atoms with van der Waals surface area (Å²) in [5.74, 6) is 1.04. The fourth-order valence-electron chi connectivity index (χ4n) is 2.04. The van der Waals surface area contributed by atoms with Gasteiger partial charge in [-0.3, -0.25) is 4.90 Å². The average Bonchev–Trinajstić information content (AvgIpc) is 2.34. The first-order chi connectivity index (χ1) is 8.56. The van der Waals surface area contributed by atoms with E-state index in [0.717, 1.165) is 36.5 Å². The van der Waals surface area contributed by atoms with Crippen LogP contribution in [0.2, 0.25) is 0 Å². The van der Waals surface area contributed by atoms with E-state index in [9.17, 15) is 0 Å². The monoisotopic (exact) mass is 314 g/mol. The molecule has 100 valence electrons. The van der Waals surface area contributed by atoms with Crippen LogP contribution in [-0.4, -0.2) is 66.1 Å². The third-order valence-electron chi connectivity index (χ3n) is 3.25. The number of rotatable bonds is 3. The molecule has 0 bridgehead atoms. The van der Waals surface area contributed by atoms with Crippen LogP contribution in [0.15, 0.2) is 10.7 Å². The van der Waals surface area contributed by atoms with Gasteiger partial charge in [-0.05, 0) is 30.0 Å². The van der Waals surface area contributed by atoms with Gasteiger partial charge >= 0.3 is 0 Å². The number of likely N-dealkylation sites (N-methyl/N-ethyl adjacent to an activating group) is 2. The van der Waals surface area contributed by atoms with E-state index in [2.05, 4.69) is 55.1 Å². The summed E-state index contributed by atoms with van der Waals surface area (Å²) in [6.07, 6.45) is 1.67. The van der Waals surface area contributed by atoms with Gasteiger partial charge in [0.1, 0.15) is 5.82 Å². The van der Waals surface area contributed by atoms with Gasteiger partial charge < -0.3 is 16.0 Å². The molecule has 1 unspecified atom stereocenters. The van der Waals surface area contributed by atoms with Crippen LogP contribution in [0.5, 0.6) is 0 Å². The predicted octanol–water partition coefficient (Wildman–Crippen LogP) is 0.479. The average molecular weight is 315 g/mol. The lowest BCUT2D eigenvalue weighted by Crippen LogP contribution is -2.52. The second-order valence-corrected chi connectivity index (χ2v) is 5.56. The summed E-state index contributed by atoms with van der Waals surface area (Å²) in [5, 5.41) is 3.33. The van der Waals surface area contributed by atoms with Crippen molar-refractivity contribution in [3.63, 3.8) is 0 Å². The molecule has 0 radical (unpaired) electrons. The maximum atomic E-state index is 5.58. The highest BCUT2D eigenvalue weighted by molar-refractivity contribution is 9.10. The number of nitrogens with zero attached hydrogens (tertiary/aromatic N) is 4. The van der Waals surface area contributed by atoms with E-state index in [0.29, 0.717) is 6.04 Å². The lowest BCUT2D eigenvalue weighted by molar-refractivity contribution is 0.122. The fraction of sp³-hybridized carbons (Fsp3) is 0.636. The number of anilines is 2. The summed E-state index contributed by atoms with van der Waals surface area (Å²) in [5.41, 5.74) is 5.58. The van der Waals surface area contributed by atoms with Gasteiger partial charge in [0.25, 0.3) is 0 Å². The van der Waals surface area contributed by atoms with Crippen molar-refractivity contribution in [1.82, 2.24) is 19.8 Å². The first kappa shape index (κ1) is 13.5. The normalized spacial score (nSPS) is 22.1. The highest BCUT2D eigenvalue weighted by Gasteiger charge is 2.22. The molecule has 0 saturated carbocycles. The zero-order valence-corrected chi connectivity index (χ0v) is 12.3. The van der Waals surface area contributed by atoms with E-state index in [1.54, 1.807) is 6.20 Å². The minimum Gasteiger partial charge on any atom is -0.368 e. The number of hydrogen-bond acceptors (Lipinski definition) is 6. The highest BCUT2D eigenvalue weighted by Crippen LogP contribution is 2.19. The largest absolute Gasteiger partial charge is 0.368 e. The second kappa shape index (κ2) is 5.81. The maximum Gasteiger partial charge on any atom is 0.221 e. The fourth-order valence-corrected chi connectivity index (χ4v) is 2.37. The zero-order valence-electron chi connectivity index (χ0n) is 10.7. The van der Waals surface area contributed by atoms with E-state index in [-0.39, 0.29) is 5.95 Å². The van der Waals surface area contributed by atoms with Gasteiger partial charge in [0.05, 0.1) is 4.47 Å².